The lowest BCUT2D eigenvalue weighted by molar-refractivity contribution is 0.984. The van der Waals surface area contributed by atoms with Crippen LogP contribution in [0.5, 0.6) is 0 Å². The Balaban J connectivity index is 1.77. The van der Waals surface area contributed by atoms with E-state index in [1.165, 1.54) is 16.0 Å². The third-order valence-electron chi connectivity index (χ3n) is 3.96. The van der Waals surface area contributed by atoms with Crippen LogP contribution in [0.3, 0.4) is 0 Å². The highest BCUT2D eigenvalue weighted by atomic mass is 32.2. The number of fused-ring (bicyclic) bond motifs is 1. The zero-order chi connectivity index (χ0) is 16.5. The molecule has 0 radical (unpaired) electrons. The number of imidazole rings is 1. The second-order valence-corrected chi connectivity index (χ2v) is 6.94. The molecule has 0 saturated heterocycles. The van der Waals surface area contributed by atoms with Crippen LogP contribution >= 0.6 is 11.8 Å². The second kappa shape index (κ2) is 6.13. The number of aromatic nitrogens is 3. The van der Waals surface area contributed by atoms with E-state index in [0.29, 0.717) is 0 Å². The van der Waals surface area contributed by atoms with Crippen LogP contribution in [0, 0.1) is 13.8 Å². The van der Waals surface area contributed by atoms with E-state index in [2.05, 4.69) is 76.7 Å². The van der Waals surface area contributed by atoms with Crippen LogP contribution in [0.1, 0.15) is 11.1 Å². The smallest absolute Gasteiger partial charge is 0.164 e. The van der Waals surface area contributed by atoms with Crippen molar-refractivity contribution in [1.29, 1.82) is 0 Å². The van der Waals surface area contributed by atoms with E-state index in [0.717, 1.165) is 21.9 Å². The number of aryl methyl sites for hydroxylation is 2. The topological polar surface area (TPSA) is 30.2 Å². The number of rotatable bonds is 3. The standard InChI is InChI=1S/C20H17N3S/c1-14-3-7-16(8-4-14)19-20-21-11-12-23(20)18(13-22-19)24-17-9-5-15(2)6-10-17/h3-13H,1-2H3. The average molecular weight is 331 g/mol. The maximum absolute atomic E-state index is 4.69. The van der Waals surface area contributed by atoms with E-state index in [9.17, 15) is 0 Å². The fourth-order valence-corrected chi connectivity index (χ4v) is 3.48. The van der Waals surface area contributed by atoms with Gasteiger partial charge in [0.2, 0.25) is 0 Å². The summed E-state index contributed by atoms with van der Waals surface area (Å²) in [6.45, 7) is 4.18. The molecule has 118 valence electrons. The van der Waals surface area contributed by atoms with Crippen LogP contribution < -0.4 is 0 Å². The number of hydrogen-bond acceptors (Lipinski definition) is 3. The molecule has 0 spiro atoms. The molecule has 0 fully saturated rings. The predicted octanol–water partition coefficient (Wildman–Crippen LogP) is 5.16. The number of nitrogens with zero attached hydrogens (tertiary/aromatic N) is 3. The molecule has 2 heterocycles. The van der Waals surface area contributed by atoms with E-state index in [-0.39, 0.29) is 0 Å². The molecule has 0 saturated carbocycles. The van der Waals surface area contributed by atoms with Crippen molar-refractivity contribution in [1.82, 2.24) is 14.4 Å². The van der Waals surface area contributed by atoms with Gasteiger partial charge in [-0.05, 0) is 26.0 Å². The number of benzene rings is 2. The van der Waals surface area contributed by atoms with Crippen molar-refractivity contribution in [3.63, 3.8) is 0 Å². The summed E-state index contributed by atoms with van der Waals surface area (Å²) >= 11 is 1.70. The van der Waals surface area contributed by atoms with Crippen LogP contribution in [0.2, 0.25) is 0 Å². The van der Waals surface area contributed by atoms with E-state index in [1.54, 1.807) is 11.8 Å². The maximum atomic E-state index is 4.69. The van der Waals surface area contributed by atoms with Gasteiger partial charge in [0.25, 0.3) is 0 Å². The minimum Gasteiger partial charge on any atom is -0.291 e. The lowest BCUT2D eigenvalue weighted by Crippen LogP contribution is -1.95. The van der Waals surface area contributed by atoms with Gasteiger partial charge in [0.15, 0.2) is 5.65 Å². The molecule has 0 N–H and O–H groups in total. The molecule has 0 aliphatic heterocycles. The van der Waals surface area contributed by atoms with Gasteiger partial charge in [0.05, 0.1) is 6.20 Å². The van der Waals surface area contributed by atoms with Crippen molar-refractivity contribution in [2.75, 3.05) is 0 Å². The maximum Gasteiger partial charge on any atom is 0.164 e. The van der Waals surface area contributed by atoms with E-state index in [4.69, 9.17) is 0 Å². The van der Waals surface area contributed by atoms with Gasteiger partial charge in [-0.1, -0.05) is 59.3 Å². The summed E-state index contributed by atoms with van der Waals surface area (Å²) in [7, 11) is 0. The lowest BCUT2D eigenvalue weighted by Gasteiger charge is -2.09. The Morgan fingerprint density at radius 3 is 2.21 bits per heavy atom. The van der Waals surface area contributed by atoms with Gasteiger partial charge in [0.1, 0.15) is 10.7 Å². The predicted molar refractivity (Wildman–Crippen MR) is 98.5 cm³/mol. The van der Waals surface area contributed by atoms with Gasteiger partial charge in [-0.3, -0.25) is 4.40 Å². The zero-order valence-corrected chi connectivity index (χ0v) is 14.4. The summed E-state index contributed by atoms with van der Waals surface area (Å²) in [5.41, 5.74) is 5.39. The van der Waals surface area contributed by atoms with Crippen LogP contribution in [-0.2, 0) is 0 Å². The third kappa shape index (κ3) is 2.81. The van der Waals surface area contributed by atoms with Gasteiger partial charge < -0.3 is 0 Å². The first kappa shape index (κ1) is 15.0. The minimum atomic E-state index is 0.885. The molecular weight excluding hydrogens is 314 g/mol. The molecule has 4 rings (SSSR count). The average Bonchev–Trinajstić information content (AvgIpc) is 3.08. The first-order chi connectivity index (χ1) is 11.7. The largest absolute Gasteiger partial charge is 0.291 e. The molecule has 0 unspecified atom stereocenters. The van der Waals surface area contributed by atoms with Crippen molar-refractivity contribution >= 4 is 17.4 Å². The van der Waals surface area contributed by atoms with Crippen molar-refractivity contribution in [2.24, 2.45) is 0 Å². The van der Waals surface area contributed by atoms with Crippen molar-refractivity contribution in [3.05, 3.63) is 78.2 Å². The minimum absolute atomic E-state index is 0.885. The van der Waals surface area contributed by atoms with Crippen molar-refractivity contribution < 1.29 is 0 Å². The molecule has 2 aromatic carbocycles. The summed E-state index contributed by atoms with van der Waals surface area (Å²) in [4.78, 5) is 10.4. The van der Waals surface area contributed by atoms with Crippen LogP contribution in [0.25, 0.3) is 16.9 Å². The Morgan fingerprint density at radius 1 is 0.833 bits per heavy atom. The molecule has 0 aliphatic carbocycles. The van der Waals surface area contributed by atoms with E-state index < -0.39 is 0 Å². The monoisotopic (exact) mass is 331 g/mol. The zero-order valence-electron chi connectivity index (χ0n) is 13.6. The summed E-state index contributed by atoms with van der Waals surface area (Å²) < 4.78 is 2.10. The molecule has 3 nitrogen and oxygen atoms in total. The van der Waals surface area contributed by atoms with Crippen LogP contribution in [0.15, 0.2) is 77.0 Å². The van der Waals surface area contributed by atoms with Crippen LogP contribution in [-0.4, -0.2) is 14.4 Å². The van der Waals surface area contributed by atoms with Crippen molar-refractivity contribution in [2.45, 2.75) is 23.8 Å². The van der Waals surface area contributed by atoms with E-state index in [1.807, 2.05) is 18.6 Å². The molecule has 24 heavy (non-hydrogen) atoms. The fourth-order valence-electron chi connectivity index (χ4n) is 2.61. The van der Waals surface area contributed by atoms with Gasteiger partial charge in [0, 0.05) is 22.9 Å². The highest BCUT2D eigenvalue weighted by Gasteiger charge is 2.11. The molecular formula is C20H17N3S. The molecule has 4 heteroatoms. The Kier molecular flexibility index (Phi) is 3.82. The van der Waals surface area contributed by atoms with E-state index >= 15 is 0 Å². The van der Waals surface area contributed by atoms with Crippen LogP contribution in [0.4, 0.5) is 0 Å². The Labute approximate surface area is 145 Å². The number of hydrogen-bond donors (Lipinski definition) is 0. The first-order valence-corrected chi connectivity index (χ1v) is 8.66. The Bertz CT molecular complexity index is 986. The van der Waals surface area contributed by atoms with Gasteiger partial charge in [-0.15, -0.1) is 0 Å². The fraction of sp³-hybridized carbons (Fsp3) is 0.100. The molecule has 0 atom stereocenters. The summed E-state index contributed by atoms with van der Waals surface area (Å²) in [6, 6.07) is 16.9. The quantitative estimate of drug-likeness (QED) is 0.519. The lowest BCUT2D eigenvalue weighted by atomic mass is 10.1. The second-order valence-electron chi connectivity index (χ2n) is 5.85. The highest BCUT2D eigenvalue weighted by Crippen LogP contribution is 2.30. The summed E-state index contributed by atoms with van der Waals surface area (Å²) in [5, 5.41) is 1.06. The molecule has 0 amide bonds. The van der Waals surface area contributed by atoms with Gasteiger partial charge in [-0.2, -0.15) is 0 Å². The Hall–Kier alpha value is -2.59. The molecule has 0 bridgehead atoms. The molecule has 4 aromatic rings. The Morgan fingerprint density at radius 2 is 1.50 bits per heavy atom. The molecule has 0 aliphatic rings. The molecule has 2 aromatic heterocycles. The van der Waals surface area contributed by atoms with Gasteiger partial charge >= 0.3 is 0 Å². The summed E-state index contributed by atoms with van der Waals surface area (Å²) in [5.74, 6) is 0. The SMILES string of the molecule is Cc1ccc(Sc2cnc(-c3ccc(C)cc3)c3nccn23)cc1. The third-order valence-corrected chi connectivity index (χ3v) is 4.98. The van der Waals surface area contributed by atoms with Gasteiger partial charge in [-0.25, -0.2) is 9.97 Å². The first-order valence-electron chi connectivity index (χ1n) is 7.84. The summed E-state index contributed by atoms with van der Waals surface area (Å²) in [6.07, 6.45) is 5.74. The highest BCUT2D eigenvalue weighted by molar-refractivity contribution is 7.99. The normalized spacial score (nSPS) is 11.1. The van der Waals surface area contributed by atoms with Crippen molar-refractivity contribution in [3.8, 4) is 11.3 Å².